The summed E-state index contributed by atoms with van der Waals surface area (Å²) in [6.07, 6.45) is 4.09. The van der Waals surface area contributed by atoms with Gasteiger partial charge in [-0.25, -0.2) is 0 Å². The van der Waals surface area contributed by atoms with Crippen LogP contribution in [0.3, 0.4) is 0 Å². The number of hydrogen-bond acceptors (Lipinski definition) is 3. The van der Waals surface area contributed by atoms with E-state index >= 15 is 0 Å². The molecule has 0 aliphatic rings. The molecule has 2 heterocycles. The summed E-state index contributed by atoms with van der Waals surface area (Å²) >= 11 is 1.61. The summed E-state index contributed by atoms with van der Waals surface area (Å²) in [6.45, 7) is 2.68. The molecule has 0 spiro atoms. The third-order valence-corrected chi connectivity index (χ3v) is 3.22. The highest BCUT2D eigenvalue weighted by molar-refractivity contribution is 7.10. The summed E-state index contributed by atoms with van der Waals surface area (Å²) in [5, 5.41) is 9.05. The largest absolute Gasteiger partial charge is 0.351 e. The van der Waals surface area contributed by atoms with E-state index in [0.29, 0.717) is 13.0 Å². The van der Waals surface area contributed by atoms with Crippen molar-refractivity contribution >= 4 is 17.2 Å². The van der Waals surface area contributed by atoms with Gasteiger partial charge in [0.15, 0.2) is 0 Å². The minimum Gasteiger partial charge on any atom is -0.351 e. The molecule has 17 heavy (non-hydrogen) atoms. The third-order valence-electron chi connectivity index (χ3n) is 2.34. The standard InChI is InChI=1S/C12H15N3OS/c1-10(9-15-6-3-5-13-15)14-12(16)8-11-4-2-7-17-11/h2-7,10H,8-9H2,1H3,(H,14,16). The fraction of sp³-hybridized carbons (Fsp3) is 0.333. The number of aromatic nitrogens is 2. The SMILES string of the molecule is CC(Cn1cccn1)NC(=O)Cc1cccs1. The first kappa shape index (κ1) is 11.9. The first-order valence-electron chi connectivity index (χ1n) is 5.53. The zero-order valence-corrected chi connectivity index (χ0v) is 10.5. The maximum absolute atomic E-state index is 11.7. The Bertz CT molecular complexity index is 450. The highest BCUT2D eigenvalue weighted by Crippen LogP contribution is 2.08. The number of carbonyl (C=O) groups is 1. The Kier molecular flexibility index (Phi) is 3.93. The molecule has 2 rings (SSSR count). The van der Waals surface area contributed by atoms with Gasteiger partial charge in [0.2, 0.25) is 5.91 Å². The normalized spacial score (nSPS) is 12.3. The zero-order valence-electron chi connectivity index (χ0n) is 9.67. The molecule has 1 amide bonds. The maximum atomic E-state index is 11.7. The summed E-state index contributed by atoms with van der Waals surface area (Å²) in [4.78, 5) is 12.8. The molecule has 90 valence electrons. The molecule has 0 aromatic carbocycles. The quantitative estimate of drug-likeness (QED) is 0.876. The van der Waals surface area contributed by atoms with Gasteiger partial charge in [-0.2, -0.15) is 5.10 Å². The molecule has 0 radical (unpaired) electrons. The van der Waals surface area contributed by atoms with Crippen molar-refractivity contribution in [1.29, 1.82) is 0 Å². The van der Waals surface area contributed by atoms with E-state index in [4.69, 9.17) is 0 Å². The van der Waals surface area contributed by atoms with Crippen LogP contribution in [0.15, 0.2) is 36.0 Å². The second kappa shape index (κ2) is 5.63. The first-order chi connectivity index (χ1) is 8.24. The molecule has 2 aromatic rings. The van der Waals surface area contributed by atoms with Crippen LogP contribution in [0.25, 0.3) is 0 Å². The van der Waals surface area contributed by atoms with Crippen LogP contribution in [0.4, 0.5) is 0 Å². The van der Waals surface area contributed by atoms with Crippen molar-refractivity contribution in [3.8, 4) is 0 Å². The van der Waals surface area contributed by atoms with Crippen molar-refractivity contribution in [2.45, 2.75) is 25.9 Å². The average Bonchev–Trinajstić information content (AvgIpc) is 2.90. The van der Waals surface area contributed by atoms with E-state index in [1.807, 2.05) is 41.4 Å². The fourth-order valence-electron chi connectivity index (χ4n) is 1.63. The summed E-state index contributed by atoms with van der Waals surface area (Å²) in [6, 6.07) is 5.89. The highest BCUT2D eigenvalue weighted by Gasteiger charge is 2.09. The van der Waals surface area contributed by atoms with Crippen molar-refractivity contribution in [3.63, 3.8) is 0 Å². The summed E-state index contributed by atoms with van der Waals surface area (Å²) in [7, 11) is 0. The highest BCUT2D eigenvalue weighted by atomic mass is 32.1. The lowest BCUT2D eigenvalue weighted by molar-refractivity contribution is -0.121. The van der Waals surface area contributed by atoms with Gasteiger partial charge in [0.05, 0.1) is 13.0 Å². The lowest BCUT2D eigenvalue weighted by Gasteiger charge is -2.13. The van der Waals surface area contributed by atoms with Crippen molar-refractivity contribution in [3.05, 3.63) is 40.8 Å². The number of nitrogens with one attached hydrogen (secondary N) is 1. The van der Waals surface area contributed by atoms with Crippen LogP contribution in [0, 0.1) is 0 Å². The molecule has 0 bridgehead atoms. The monoisotopic (exact) mass is 249 g/mol. The molecule has 1 unspecified atom stereocenters. The van der Waals surface area contributed by atoms with Gasteiger partial charge in [-0.15, -0.1) is 11.3 Å². The van der Waals surface area contributed by atoms with E-state index in [0.717, 1.165) is 4.88 Å². The Labute approximate surface area is 104 Å². The lowest BCUT2D eigenvalue weighted by atomic mass is 10.3. The number of amides is 1. The molecule has 0 aliphatic carbocycles. The first-order valence-corrected chi connectivity index (χ1v) is 6.41. The number of rotatable bonds is 5. The van der Waals surface area contributed by atoms with Crippen molar-refractivity contribution in [1.82, 2.24) is 15.1 Å². The van der Waals surface area contributed by atoms with Gasteiger partial charge < -0.3 is 5.32 Å². The maximum Gasteiger partial charge on any atom is 0.225 e. The summed E-state index contributed by atoms with van der Waals surface area (Å²) in [5.41, 5.74) is 0. The molecule has 1 N–H and O–H groups in total. The van der Waals surface area contributed by atoms with E-state index in [1.54, 1.807) is 17.5 Å². The van der Waals surface area contributed by atoms with E-state index in [1.165, 1.54) is 0 Å². The van der Waals surface area contributed by atoms with E-state index in [-0.39, 0.29) is 11.9 Å². The number of nitrogens with zero attached hydrogens (tertiary/aromatic N) is 2. The van der Waals surface area contributed by atoms with Gasteiger partial charge in [-0.3, -0.25) is 9.48 Å². The van der Waals surface area contributed by atoms with Crippen molar-refractivity contribution in [2.24, 2.45) is 0 Å². The van der Waals surface area contributed by atoms with Gasteiger partial charge in [-0.05, 0) is 24.4 Å². The predicted octanol–water partition coefficient (Wildman–Crippen LogP) is 1.69. The van der Waals surface area contributed by atoms with Gasteiger partial charge in [0.25, 0.3) is 0 Å². The Morgan fingerprint density at radius 3 is 3.12 bits per heavy atom. The molecular formula is C12H15N3OS. The molecule has 0 fully saturated rings. The number of thiophene rings is 1. The predicted molar refractivity (Wildman–Crippen MR) is 67.9 cm³/mol. The van der Waals surface area contributed by atoms with Crippen molar-refractivity contribution < 1.29 is 4.79 Å². The van der Waals surface area contributed by atoms with E-state index in [2.05, 4.69) is 10.4 Å². The van der Waals surface area contributed by atoms with Crippen LogP contribution >= 0.6 is 11.3 Å². The lowest BCUT2D eigenvalue weighted by Crippen LogP contribution is -2.36. The Morgan fingerprint density at radius 1 is 1.59 bits per heavy atom. The van der Waals surface area contributed by atoms with E-state index < -0.39 is 0 Å². The number of hydrogen-bond donors (Lipinski definition) is 1. The average molecular weight is 249 g/mol. The van der Waals surface area contributed by atoms with Gasteiger partial charge in [0, 0.05) is 23.3 Å². The topological polar surface area (TPSA) is 46.9 Å². The third kappa shape index (κ3) is 3.71. The fourth-order valence-corrected chi connectivity index (χ4v) is 2.34. The second-order valence-electron chi connectivity index (χ2n) is 3.95. The van der Waals surface area contributed by atoms with Crippen LogP contribution in [0.1, 0.15) is 11.8 Å². The minimum atomic E-state index is 0.0621. The Balaban J connectivity index is 1.78. The van der Waals surface area contributed by atoms with Crippen molar-refractivity contribution in [2.75, 3.05) is 0 Å². The van der Waals surface area contributed by atoms with E-state index in [9.17, 15) is 4.79 Å². The second-order valence-corrected chi connectivity index (χ2v) is 4.99. The van der Waals surface area contributed by atoms with Crippen LogP contribution in [-0.4, -0.2) is 21.7 Å². The molecule has 2 aromatic heterocycles. The van der Waals surface area contributed by atoms with Crippen LogP contribution in [0.5, 0.6) is 0 Å². The summed E-state index contributed by atoms with van der Waals surface area (Å²) < 4.78 is 1.82. The molecule has 0 aliphatic heterocycles. The summed E-state index contributed by atoms with van der Waals surface area (Å²) in [5.74, 6) is 0.0621. The molecule has 1 atom stereocenters. The minimum absolute atomic E-state index is 0.0621. The molecule has 4 nitrogen and oxygen atoms in total. The molecular weight excluding hydrogens is 234 g/mol. The van der Waals surface area contributed by atoms with Crippen LogP contribution in [-0.2, 0) is 17.8 Å². The van der Waals surface area contributed by atoms with Crippen LogP contribution < -0.4 is 5.32 Å². The smallest absolute Gasteiger partial charge is 0.225 e. The Hall–Kier alpha value is -1.62. The number of carbonyl (C=O) groups excluding carboxylic acids is 1. The Morgan fingerprint density at radius 2 is 2.47 bits per heavy atom. The zero-order chi connectivity index (χ0) is 12.1. The molecule has 0 saturated carbocycles. The molecule has 5 heteroatoms. The van der Waals surface area contributed by atoms with Gasteiger partial charge in [0.1, 0.15) is 0 Å². The van der Waals surface area contributed by atoms with Crippen LogP contribution in [0.2, 0.25) is 0 Å². The van der Waals surface area contributed by atoms with Gasteiger partial charge in [-0.1, -0.05) is 6.07 Å². The van der Waals surface area contributed by atoms with Gasteiger partial charge >= 0.3 is 0 Å². The molecule has 0 saturated heterocycles.